The molecule has 1 unspecified atom stereocenters. The highest BCUT2D eigenvalue weighted by Crippen LogP contribution is 2.25. The van der Waals surface area contributed by atoms with E-state index in [-0.39, 0.29) is 0 Å². The number of hydrogen-bond donors (Lipinski definition) is 2. The zero-order valence-electron chi connectivity index (χ0n) is 14.8. The van der Waals surface area contributed by atoms with Crippen LogP contribution in [-0.2, 0) is 11.3 Å². The molecule has 1 atom stereocenters. The molecule has 24 heavy (non-hydrogen) atoms. The summed E-state index contributed by atoms with van der Waals surface area (Å²) >= 11 is 2.06. The van der Waals surface area contributed by atoms with E-state index in [4.69, 9.17) is 9.73 Å². The summed E-state index contributed by atoms with van der Waals surface area (Å²) < 4.78 is 5.71. The van der Waals surface area contributed by atoms with Crippen LogP contribution in [0.15, 0.2) is 35.3 Å². The number of rotatable bonds is 10. The molecule has 0 amide bonds. The minimum Gasteiger partial charge on any atom is -0.377 e. The van der Waals surface area contributed by atoms with E-state index in [0.29, 0.717) is 11.9 Å². The Morgan fingerprint density at radius 2 is 2.12 bits per heavy atom. The van der Waals surface area contributed by atoms with Gasteiger partial charge in [-0.3, -0.25) is 4.99 Å². The van der Waals surface area contributed by atoms with Gasteiger partial charge in [0, 0.05) is 24.9 Å². The van der Waals surface area contributed by atoms with Gasteiger partial charge in [0.05, 0.1) is 13.2 Å². The highest BCUT2D eigenvalue weighted by atomic mass is 32.2. The first-order chi connectivity index (χ1) is 11.9. The third-order valence-corrected chi connectivity index (χ3v) is 5.32. The predicted molar refractivity (Wildman–Crippen MR) is 105 cm³/mol. The Morgan fingerprint density at radius 3 is 2.88 bits per heavy atom. The Labute approximate surface area is 150 Å². The number of thioether (sulfide) groups is 1. The number of benzene rings is 1. The van der Waals surface area contributed by atoms with Crippen molar-refractivity contribution in [2.75, 3.05) is 32.0 Å². The summed E-state index contributed by atoms with van der Waals surface area (Å²) in [7, 11) is 0. The van der Waals surface area contributed by atoms with Crippen molar-refractivity contribution in [3.05, 3.63) is 35.9 Å². The largest absolute Gasteiger partial charge is 0.377 e. The van der Waals surface area contributed by atoms with Crippen LogP contribution < -0.4 is 10.6 Å². The SMILES string of the molecule is CCNC(=NCC1CCCS1)NCCCCOCc1ccccc1. The van der Waals surface area contributed by atoms with Gasteiger partial charge >= 0.3 is 0 Å². The number of aliphatic imine (C=N–C) groups is 1. The first-order valence-corrected chi connectivity index (χ1v) is 10.2. The van der Waals surface area contributed by atoms with E-state index in [2.05, 4.69) is 41.5 Å². The molecule has 5 heteroatoms. The maximum absolute atomic E-state index is 5.71. The molecule has 4 nitrogen and oxygen atoms in total. The van der Waals surface area contributed by atoms with Crippen molar-refractivity contribution in [1.29, 1.82) is 0 Å². The lowest BCUT2D eigenvalue weighted by Gasteiger charge is -2.12. The molecule has 0 spiro atoms. The number of nitrogens with one attached hydrogen (secondary N) is 2. The first-order valence-electron chi connectivity index (χ1n) is 9.14. The molecule has 1 aliphatic rings. The van der Waals surface area contributed by atoms with Crippen molar-refractivity contribution in [2.24, 2.45) is 4.99 Å². The average Bonchev–Trinajstić information content (AvgIpc) is 3.13. The average molecular weight is 350 g/mol. The van der Waals surface area contributed by atoms with E-state index in [0.717, 1.165) is 45.0 Å². The molecule has 1 heterocycles. The molecule has 1 aromatic carbocycles. The van der Waals surface area contributed by atoms with Crippen molar-refractivity contribution in [3.8, 4) is 0 Å². The van der Waals surface area contributed by atoms with Crippen molar-refractivity contribution in [1.82, 2.24) is 10.6 Å². The Balaban J connectivity index is 1.52. The van der Waals surface area contributed by atoms with Crippen LogP contribution in [0.1, 0.15) is 38.2 Å². The van der Waals surface area contributed by atoms with Gasteiger partial charge in [0.1, 0.15) is 0 Å². The molecule has 0 saturated carbocycles. The molecular weight excluding hydrogens is 318 g/mol. The molecule has 1 aliphatic heterocycles. The second-order valence-electron chi connectivity index (χ2n) is 6.03. The van der Waals surface area contributed by atoms with Crippen molar-refractivity contribution < 1.29 is 4.74 Å². The Bertz CT molecular complexity index is 461. The highest BCUT2D eigenvalue weighted by molar-refractivity contribution is 8.00. The van der Waals surface area contributed by atoms with Crippen LogP contribution in [0.25, 0.3) is 0 Å². The van der Waals surface area contributed by atoms with Crippen LogP contribution in [0.3, 0.4) is 0 Å². The summed E-state index contributed by atoms with van der Waals surface area (Å²) in [5.74, 6) is 2.25. The van der Waals surface area contributed by atoms with Gasteiger partial charge in [0.2, 0.25) is 0 Å². The Hall–Kier alpha value is -1.20. The molecule has 0 bridgehead atoms. The number of ether oxygens (including phenoxy) is 1. The van der Waals surface area contributed by atoms with Crippen LogP contribution >= 0.6 is 11.8 Å². The molecule has 1 saturated heterocycles. The van der Waals surface area contributed by atoms with Crippen LogP contribution in [0.2, 0.25) is 0 Å². The molecule has 0 aromatic heterocycles. The number of hydrogen-bond acceptors (Lipinski definition) is 3. The third-order valence-electron chi connectivity index (χ3n) is 3.94. The summed E-state index contributed by atoms with van der Waals surface area (Å²) in [5.41, 5.74) is 1.24. The molecule has 0 aliphatic carbocycles. The van der Waals surface area contributed by atoms with Gasteiger partial charge in [0.25, 0.3) is 0 Å². The van der Waals surface area contributed by atoms with Gasteiger partial charge in [-0.25, -0.2) is 0 Å². The van der Waals surface area contributed by atoms with E-state index in [9.17, 15) is 0 Å². The number of nitrogens with zero attached hydrogens (tertiary/aromatic N) is 1. The van der Waals surface area contributed by atoms with E-state index >= 15 is 0 Å². The second-order valence-corrected chi connectivity index (χ2v) is 7.43. The zero-order chi connectivity index (χ0) is 16.9. The lowest BCUT2D eigenvalue weighted by molar-refractivity contribution is 0.117. The quantitative estimate of drug-likeness (QED) is 0.386. The topological polar surface area (TPSA) is 45.7 Å². The summed E-state index contributed by atoms with van der Waals surface area (Å²) in [5, 5.41) is 7.47. The van der Waals surface area contributed by atoms with Crippen LogP contribution in [-0.4, -0.2) is 43.2 Å². The number of guanidine groups is 1. The smallest absolute Gasteiger partial charge is 0.191 e. The zero-order valence-corrected chi connectivity index (χ0v) is 15.6. The fourth-order valence-corrected chi connectivity index (χ4v) is 3.80. The number of unbranched alkanes of at least 4 members (excludes halogenated alkanes) is 1. The molecule has 2 rings (SSSR count). The standard InChI is InChI=1S/C19H31N3OS/c1-2-20-19(22-15-18-11-8-14-24-18)21-12-6-7-13-23-16-17-9-4-3-5-10-17/h3-5,9-10,18H,2,6-8,11-16H2,1H3,(H2,20,21,22). The maximum atomic E-state index is 5.71. The Kier molecular flexibility index (Phi) is 9.73. The van der Waals surface area contributed by atoms with Crippen LogP contribution in [0, 0.1) is 0 Å². The normalized spacial score (nSPS) is 17.9. The monoisotopic (exact) mass is 349 g/mol. The summed E-state index contributed by atoms with van der Waals surface area (Å²) in [6.07, 6.45) is 4.82. The molecule has 134 valence electrons. The molecule has 0 radical (unpaired) electrons. The van der Waals surface area contributed by atoms with Crippen LogP contribution in [0.5, 0.6) is 0 Å². The molecule has 1 fully saturated rings. The second kappa shape index (κ2) is 12.2. The summed E-state index contributed by atoms with van der Waals surface area (Å²) in [6, 6.07) is 10.3. The van der Waals surface area contributed by atoms with Crippen LogP contribution in [0.4, 0.5) is 0 Å². The van der Waals surface area contributed by atoms with Gasteiger partial charge < -0.3 is 15.4 Å². The lowest BCUT2D eigenvalue weighted by atomic mass is 10.2. The van der Waals surface area contributed by atoms with Gasteiger partial charge in [-0.15, -0.1) is 0 Å². The van der Waals surface area contributed by atoms with Gasteiger partial charge in [0.15, 0.2) is 5.96 Å². The van der Waals surface area contributed by atoms with E-state index < -0.39 is 0 Å². The maximum Gasteiger partial charge on any atom is 0.191 e. The molecule has 1 aromatic rings. The molecule has 2 N–H and O–H groups in total. The van der Waals surface area contributed by atoms with E-state index in [1.165, 1.54) is 24.2 Å². The van der Waals surface area contributed by atoms with Gasteiger partial charge in [-0.2, -0.15) is 11.8 Å². The van der Waals surface area contributed by atoms with Gasteiger partial charge in [-0.1, -0.05) is 30.3 Å². The predicted octanol–water partition coefficient (Wildman–Crippen LogP) is 3.43. The highest BCUT2D eigenvalue weighted by Gasteiger charge is 2.14. The minimum absolute atomic E-state index is 0.706. The minimum atomic E-state index is 0.706. The summed E-state index contributed by atoms with van der Waals surface area (Å²) in [4.78, 5) is 4.71. The van der Waals surface area contributed by atoms with Crippen molar-refractivity contribution in [2.45, 2.75) is 44.5 Å². The lowest BCUT2D eigenvalue weighted by Crippen LogP contribution is -2.38. The fourth-order valence-electron chi connectivity index (χ4n) is 2.62. The molecular formula is C19H31N3OS. The van der Waals surface area contributed by atoms with Gasteiger partial charge in [-0.05, 0) is 43.9 Å². The van der Waals surface area contributed by atoms with E-state index in [1.807, 2.05) is 18.2 Å². The Morgan fingerprint density at radius 1 is 1.25 bits per heavy atom. The third kappa shape index (κ3) is 8.06. The van der Waals surface area contributed by atoms with E-state index in [1.54, 1.807) is 0 Å². The van der Waals surface area contributed by atoms with Crippen molar-refractivity contribution >= 4 is 17.7 Å². The first kappa shape index (κ1) is 19.1. The summed E-state index contributed by atoms with van der Waals surface area (Å²) in [6.45, 7) is 6.40. The fraction of sp³-hybridized carbons (Fsp3) is 0.632. The van der Waals surface area contributed by atoms with Crippen molar-refractivity contribution in [3.63, 3.8) is 0 Å².